The zero-order chi connectivity index (χ0) is 18.9. The second-order valence-corrected chi connectivity index (χ2v) is 8.06. The predicted octanol–water partition coefficient (Wildman–Crippen LogP) is 2.70. The number of hydrogen-bond acceptors (Lipinski definition) is 5. The first-order chi connectivity index (χ1) is 13.2. The highest BCUT2D eigenvalue weighted by Gasteiger charge is 2.18. The molecule has 0 radical (unpaired) electrons. The second kappa shape index (κ2) is 10.6. The molecule has 0 spiro atoms. The Kier molecular flexibility index (Phi) is 7.90. The zero-order valence-electron chi connectivity index (χ0n) is 16.3. The van der Waals surface area contributed by atoms with Gasteiger partial charge in [-0.2, -0.15) is 0 Å². The largest absolute Gasteiger partial charge is 0.390 e. The number of nitrogens with one attached hydrogen (secondary N) is 3. The molecule has 1 aromatic rings. The summed E-state index contributed by atoms with van der Waals surface area (Å²) in [6, 6.07) is 3.97. The number of anilines is 1. The van der Waals surface area contributed by atoms with Crippen LogP contribution in [0.2, 0.25) is 0 Å². The molecule has 150 valence electrons. The van der Waals surface area contributed by atoms with E-state index in [-0.39, 0.29) is 12.5 Å². The van der Waals surface area contributed by atoms with Crippen LogP contribution < -0.4 is 16.0 Å². The SMILES string of the molecule is O=C(NC[C@@H](O)CNCCC1CCCCC1)c1ccnc(NC2CCC2)c1. The third-order valence-corrected chi connectivity index (χ3v) is 5.81. The lowest BCUT2D eigenvalue weighted by molar-refractivity contribution is 0.0915. The molecule has 2 aliphatic rings. The molecule has 1 aromatic heterocycles. The van der Waals surface area contributed by atoms with Crippen molar-refractivity contribution in [1.29, 1.82) is 0 Å². The fourth-order valence-corrected chi connectivity index (χ4v) is 3.85. The minimum atomic E-state index is -0.574. The van der Waals surface area contributed by atoms with E-state index < -0.39 is 6.10 Å². The van der Waals surface area contributed by atoms with Crippen molar-refractivity contribution in [1.82, 2.24) is 15.6 Å². The molecule has 0 unspecified atom stereocenters. The molecule has 2 fully saturated rings. The van der Waals surface area contributed by atoms with E-state index in [4.69, 9.17) is 0 Å². The highest BCUT2D eigenvalue weighted by molar-refractivity contribution is 5.94. The van der Waals surface area contributed by atoms with Crippen molar-refractivity contribution in [2.75, 3.05) is 25.0 Å². The Morgan fingerprint density at radius 1 is 1.15 bits per heavy atom. The fourth-order valence-electron chi connectivity index (χ4n) is 3.85. The van der Waals surface area contributed by atoms with E-state index in [0.29, 0.717) is 18.2 Å². The Hall–Kier alpha value is -1.66. The minimum absolute atomic E-state index is 0.171. The number of carbonyl (C=O) groups is 1. The Morgan fingerprint density at radius 3 is 2.70 bits per heavy atom. The van der Waals surface area contributed by atoms with Gasteiger partial charge in [-0.3, -0.25) is 4.79 Å². The van der Waals surface area contributed by atoms with Gasteiger partial charge in [0, 0.05) is 30.9 Å². The monoisotopic (exact) mass is 374 g/mol. The number of amides is 1. The van der Waals surface area contributed by atoms with E-state index in [0.717, 1.165) is 31.1 Å². The normalized spacial score (nSPS) is 19.3. The van der Waals surface area contributed by atoms with Gasteiger partial charge in [0.05, 0.1) is 6.10 Å². The summed E-state index contributed by atoms with van der Waals surface area (Å²) in [5.74, 6) is 1.42. The van der Waals surface area contributed by atoms with E-state index in [1.165, 1.54) is 44.9 Å². The van der Waals surface area contributed by atoms with Crippen molar-refractivity contribution in [3.05, 3.63) is 23.9 Å². The number of nitrogens with zero attached hydrogens (tertiary/aromatic N) is 1. The lowest BCUT2D eigenvalue weighted by atomic mass is 9.87. The molecule has 2 saturated carbocycles. The molecular weight excluding hydrogens is 340 g/mol. The van der Waals surface area contributed by atoms with Gasteiger partial charge in [0.2, 0.25) is 0 Å². The van der Waals surface area contributed by atoms with Gasteiger partial charge >= 0.3 is 0 Å². The number of aromatic nitrogens is 1. The number of carbonyl (C=O) groups excluding carboxylic acids is 1. The highest BCUT2D eigenvalue weighted by atomic mass is 16.3. The zero-order valence-corrected chi connectivity index (χ0v) is 16.3. The van der Waals surface area contributed by atoms with Gasteiger partial charge in [0.15, 0.2) is 0 Å². The maximum Gasteiger partial charge on any atom is 0.251 e. The van der Waals surface area contributed by atoms with Gasteiger partial charge in [0.1, 0.15) is 5.82 Å². The van der Waals surface area contributed by atoms with Crippen LogP contribution in [0.3, 0.4) is 0 Å². The van der Waals surface area contributed by atoms with Crippen molar-refractivity contribution in [2.24, 2.45) is 5.92 Å². The van der Waals surface area contributed by atoms with Crippen molar-refractivity contribution in [2.45, 2.75) is 69.9 Å². The lowest BCUT2D eigenvalue weighted by Gasteiger charge is -2.26. The summed E-state index contributed by atoms with van der Waals surface area (Å²) in [6.45, 7) is 1.71. The molecule has 27 heavy (non-hydrogen) atoms. The van der Waals surface area contributed by atoms with Crippen LogP contribution in [-0.4, -0.2) is 47.8 Å². The molecule has 3 rings (SSSR count). The molecule has 6 nitrogen and oxygen atoms in total. The first-order valence-corrected chi connectivity index (χ1v) is 10.6. The van der Waals surface area contributed by atoms with Crippen molar-refractivity contribution in [3.8, 4) is 0 Å². The van der Waals surface area contributed by atoms with Crippen LogP contribution >= 0.6 is 0 Å². The number of hydrogen-bond donors (Lipinski definition) is 4. The highest BCUT2D eigenvalue weighted by Crippen LogP contribution is 2.25. The number of rotatable bonds is 10. The van der Waals surface area contributed by atoms with Gasteiger partial charge in [-0.1, -0.05) is 32.1 Å². The summed E-state index contributed by atoms with van der Waals surface area (Å²) in [5.41, 5.74) is 0.573. The first-order valence-electron chi connectivity index (χ1n) is 10.6. The maximum absolute atomic E-state index is 12.3. The van der Waals surface area contributed by atoms with Crippen LogP contribution in [-0.2, 0) is 0 Å². The predicted molar refractivity (Wildman–Crippen MR) is 108 cm³/mol. The van der Waals surface area contributed by atoms with E-state index in [2.05, 4.69) is 20.9 Å². The number of pyridine rings is 1. The summed E-state index contributed by atoms with van der Waals surface area (Å²) in [4.78, 5) is 16.6. The van der Waals surface area contributed by atoms with Crippen molar-refractivity contribution < 1.29 is 9.90 Å². The average molecular weight is 375 g/mol. The third kappa shape index (κ3) is 6.78. The molecule has 4 N–H and O–H groups in total. The molecule has 0 aromatic carbocycles. The molecular formula is C21H34N4O2. The summed E-state index contributed by atoms with van der Waals surface area (Å²) < 4.78 is 0. The smallest absolute Gasteiger partial charge is 0.251 e. The Labute approximate surface area is 162 Å². The topological polar surface area (TPSA) is 86.3 Å². The maximum atomic E-state index is 12.3. The second-order valence-electron chi connectivity index (χ2n) is 8.06. The standard InChI is InChI=1S/C21H34N4O2/c26-19(14-22-11-9-16-5-2-1-3-6-16)15-24-21(27)17-10-12-23-20(13-17)25-18-7-4-8-18/h10,12-13,16,18-19,22,26H,1-9,11,14-15H2,(H,23,25)(H,24,27)/t19-/m0/s1. The fraction of sp³-hybridized carbons (Fsp3) is 0.714. The molecule has 6 heteroatoms. The molecule has 1 atom stereocenters. The average Bonchev–Trinajstić information content (AvgIpc) is 2.67. The van der Waals surface area contributed by atoms with Crippen molar-refractivity contribution in [3.63, 3.8) is 0 Å². The summed E-state index contributed by atoms with van der Waals surface area (Å²) in [5, 5.41) is 19.6. The first kappa shape index (κ1) is 20.1. The van der Waals surface area contributed by atoms with Gasteiger partial charge in [0.25, 0.3) is 5.91 Å². The molecule has 0 aliphatic heterocycles. The van der Waals surface area contributed by atoms with E-state index >= 15 is 0 Å². The van der Waals surface area contributed by atoms with Crippen LogP contribution in [0.25, 0.3) is 0 Å². The Morgan fingerprint density at radius 2 is 1.96 bits per heavy atom. The molecule has 2 aliphatic carbocycles. The number of aliphatic hydroxyl groups excluding tert-OH is 1. The van der Waals surface area contributed by atoms with Crippen LogP contribution in [0.5, 0.6) is 0 Å². The molecule has 1 amide bonds. The minimum Gasteiger partial charge on any atom is -0.390 e. The molecule has 1 heterocycles. The molecule has 0 saturated heterocycles. The van der Waals surface area contributed by atoms with Crippen LogP contribution in [0.4, 0.5) is 5.82 Å². The van der Waals surface area contributed by atoms with Crippen LogP contribution in [0.1, 0.15) is 68.1 Å². The van der Waals surface area contributed by atoms with Crippen molar-refractivity contribution >= 4 is 11.7 Å². The van der Waals surface area contributed by atoms with Gasteiger partial charge < -0.3 is 21.1 Å². The quantitative estimate of drug-likeness (QED) is 0.473. The van der Waals surface area contributed by atoms with Crippen LogP contribution in [0, 0.1) is 5.92 Å². The Bertz CT molecular complexity index is 585. The summed E-state index contributed by atoms with van der Waals surface area (Å²) in [6.07, 6.45) is 12.7. The summed E-state index contributed by atoms with van der Waals surface area (Å²) >= 11 is 0. The number of aliphatic hydroxyl groups is 1. The van der Waals surface area contributed by atoms with E-state index in [9.17, 15) is 9.90 Å². The summed E-state index contributed by atoms with van der Waals surface area (Å²) in [7, 11) is 0. The third-order valence-electron chi connectivity index (χ3n) is 5.81. The van der Waals surface area contributed by atoms with Gasteiger partial charge in [-0.15, -0.1) is 0 Å². The van der Waals surface area contributed by atoms with Gasteiger partial charge in [-0.05, 0) is 50.3 Å². The van der Waals surface area contributed by atoms with Gasteiger partial charge in [-0.25, -0.2) is 4.98 Å². The van der Waals surface area contributed by atoms with E-state index in [1.807, 2.05) is 0 Å². The Balaban J connectivity index is 1.31. The lowest BCUT2D eigenvalue weighted by Crippen LogP contribution is -2.38. The molecule has 0 bridgehead atoms. The van der Waals surface area contributed by atoms with E-state index in [1.54, 1.807) is 18.3 Å². The van der Waals surface area contributed by atoms with Crippen LogP contribution in [0.15, 0.2) is 18.3 Å².